The summed E-state index contributed by atoms with van der Waals surface area (Å²) in [5.41, 5.74) is 5.69. The van der Waals surface area contributed by atoms with Crippen LogP contribution in [0.1, 0.15) is 54.0 Å². The van der Waals surface area contributed by atoms with Crippen molar-refractivity contribution in [3.63, 3.8) is 0 Å². The number of aryl methyl sites for hydroxylation is 1. The largest absolute Gasteiger partial charge is 0.457 e. The second-order valence-electron chi connectivity index (χ2n) is 12.3. The minimum atomic E-state index is -1.24. The standard InChI is InChI=1S/C36H44N2O7S2/c1-22-10-11-28(32-35(46-6)33(42-23(2)39)34(43-24(3)40)36(45-32)44-25(4)41)19-29(22)20-30-12-13-31(47-30)27-9-7-8-26(18-27)21-38-16-14-37(5)15-17-38/h7-13,18-19,32-36H,14-17,20-21H2,1-6H3/t32?,33?,34-,35-,36-/m0/s1. The monoisotopic (exact) mass is 680 g/mol. The van der Waals surface area contributed by atoms with Gasteiger partial charge in [-0.3, -0.25) is 19.3 Å². The zero-order valence-corrected chi connectivity index (χ0v) is 29.5. The average molecular weight is 681 g/mol. The van der Waals surface area contributed by atoms with Gasteiger partial charge in [-0.2, -0.15) is 11.8 Å². The number of hydrogen-bond acceptors (Lipinski definition) is 11. The number of esters is 3. The number of ether oxygens (including phenoxy) is 4. The third kappa shape index (κ3) is 9.03. The van der Waals surface area contributed by atoms with E-state index in [1.807, 2.05) is 12.3 Å². The summed E-state index contributed by atoms with van der Waals surface area (Å²) in [6.07, 6.45) is -1.23. The molecule has 0 N–H and O–H groups in total. The lowest BCUT2D eigenvalue weighted by molar-refractivity contribution is -0.266. The van der Waals surface area contributed by atoms with Crippen LogP contribution in [-0.4, -0.2) is 90.9 Å². The van der Waals surface area contributed by atoms with Crippen LogP contribution in [0.4, 0.5) is 0 Å². The smallest absolute Gasteiger partial charge is 0.305 e. The molecule has 0 saturated carbocycles. The molecule has 252 valence electrons. The predicted octanol–water partition coefficient (Wildman–Crippen LogP) is 5.62. The Labute approximate surface area is 285 Å². The fourth-order valence-corrected chi connectivity index (χ4v) is 8.17. The summed E-state index contributed by atoms with van der Waals surface area (Å²) in [6.45, 7) is 11.3. The molecule has 2 unspecified atom stereocenters. The van der Waals surface area contributed by atoms with Crippen molar-refractivity contribution in [2.45, 2.75) is 70.5 Å². The van der Waals surface area contributed by atoms with Crippen LogP contribution in [0.15, 0.2) is 54.6 Å². The van der Waals surface area contributed by atoms with E-state index in [9.17, 15) is 14.4 Å². The molecule has 5 rings (SSSR count). The van der Waals surface area contributed by atoms with Crippen LogP contribution in [-0.2, 0) is 46.3 Å². The molecule has 2 fully saturated rings. The van der Waals surface area contributed by atoms with Crippen molar-refractivity contribution in [2.75, 3.05) is 39.5 Å². The molecule has 5 atom stereocenters. The van der Waals surface area contributed by atoms with Gasteiger partial charge >= 0.3 is 17.9 Å². The lowest BCUT2D eigenvalue weighted by Gasteiger charge is -2.44. The van der Waals surface area contributed by atoms with E-state index in [0.29, 0.717) is 0 Å². The van der Waals surface area contributed by atoms with Gasteiger partial charge in [-0.05, 0) is 66.2 Å². The Kier molecular flexibility index (Phi) is 11.8. The quantitative estimate of drug-likeness (QED) is 0.199. The summed E-state index contributed by atoms with van der Waals surface area (Å²) in [5, 5.41) is -0.433. The van der Waals surface area contributed by atoms with E-state index >= 15 is 0 Å². The molecule has 1 aromatic heterocycles. The van der Waals surface area contributed by atoms with Crippen LogP contribution >= 0.6 is 23.1 Å². The molecule has 0 radical (unpaired) electrons. The molecule has 2 aromatic carbocycles. The second kappa shape index (κ2) is 15.8. The summed E-state index contributed by atoms with van der Waals surface area (Å²) in [7, 11) is 2.18. The van der Waals surface area contributed by atoms with Crippen molar-refractivity contribution in [3.8, 4) is 10.4 Å². The SMILES string of the molecule is CS[C@H]1C(c2ccc(C)c(Cc3ccc(-c4cccc(CN5CCN(C)CC5)c4)s3)c2)O[C@H](OC(C)=O)[C@@H](OC(C)=O)C1OC(C)=O. The highest BCUT2D eigenvalue weighted by Gasteiger charge is 2.51. The number of benzene rings is 2. The Morgan fingerprint density at radius 1 is 0.894 bits per heavy atom. The van der Waals surface area contributed by atoms with Gasteiger partial charge in [-0.1, -0.05) is 36.4 Å². The van der Waals surface area contributed by atoms with Crippen molar-refractivity contribution in [2.24, 2.45) is 0 Å². The van der Waals surface area contributed by atoms with E-state index in [-0.39, 0.29) is 0 Å². The Bertz CT molecular complexity index is 1570. The molecule has 3 heterocycles. The maximum Gasteiger partial charge on any atom is 0.305 e. The molecule has 0 spiro atoms. The van der Waals surface area contributed by atoms with Crippen LogP contribution in [0.25, 0.3) is 10.4 Å². The molecule has 0 amide bonds. The fourth-order valence-electron chi connectivity index (χ4n) is 6.20. The number of piperazine rings is 1. The molecule has 3 aromatic rings. The minimum absolute atomic E-state index is 0.433. The Morgan fingerprint density at radius 2 is 1.60 bits per heavy atom. The summed E-state index contributed by atoms with van der Waals surface area (Å²) in [5.74, 6) is -1.73. The molecule has 47 heavy (non-hydrogen) atoms. The normalized spacial score (nSPS) is 23.7. The number of hydrogen-bond donors (Lipinski definition) is 0. The first-order valence-corrected chi connectivity index (χ1v) is 18.0. The number of carbonyl (C=O) groups excluding carboxylic acids is 3. The molecule has 2 aliphatic heterocycles. The van der Waals surface area contributed by atoms with Crippen molar-refractivity contribution in [1.82, 2.24) is 9.80 Å². The summed E-state index contributed by atoms with van der Waals surface area (Å²) >= 11 is 3.23. The first-order chi connectivity index (χ1) is 22.5. The first kappa shape index (κ1) is 35.1. The summed E-state index contributed by atoms with van der Waals surface area (Å²) in [6, 6.07) is 19.4. The zero-order valence-electron chi connectivity index (χ0n) is 27.9. The van der Waals surface area contributed by atoms with Gasteiger partial charge in [0, 0.05) is 69.7 Å². The number of nitrogens with zero attached hydrogens (tertiary/aromatic N) is 2. The Balaban J connectivity index is 1.37. The topological polar surface area (TPSA) is 94.6 Å². The fraction of sp³-hybridized carbons (Fsp3) is 0.472. The van der Waals surface area contributed by atoms with Gasteiger partial charge in [0.1, 0.15) is 6.10 Å². The number of rotatable bonds is 10. The van der Waals surface area contributed by atoms with Crippen LogP contribution in [0.2, 0.25) is 0 Å². The molecular formula is C36H44N2O7S2. The van der Waals surface area contributed by atoms with Crippen molar-refractivity contribution in [1.29, 1.82) is 0 Å². The molecule has 2 aliphatic rings. The number of thioether (sulfide) groups is 1. The zero-order chi connectivity index (χ0) is 33.7. The molecule has 0 aliphatic carbocycles. The van der Waals surface area contributed by atoms with Crippen LogP contribution in [0.3, 0.4) is 0 Å². The first-order valence-electron chi connectivity index (χ1n) is 15.9. The van der Waals surface area contributed by atoms with Gasteiger partial charge in [-0.25, -0.2) is 0 Å². The molecule has 0 bridgehead atoms. The number of likely N-dealkylation sites (N-methyl/N-ethyl adjacent to an activating group) is 1. The van der Waals surface area contributed by atoms with Crippen molar-refractivity contribution >= 4 is 41.0 Å². The Morgan fingerprint density at radius 3 is 2.28 bits per heavy atom. The Hall–Kier alpha value is -3.22. The van der Waals surface area contributed by atoms with Gasteiger partial charge in [0.05, 0.1) is 5.25 Å². The molecule has 2 saturated heterocycles. The third-order valence-electron chi connectivity index (χ3n) is 8.59. The van der Waals surface area contributed by atoms with Gasteiger partial charge in [0.25, 0.3) is 0 Å². The van der Waals surface area contributed by atoms with E-state index in [1.165, 1.54) is 53.4 Å². The van der Waals surface area contributed by atoms with Crippen molar-refractivity contribution < 1.29 is 33.3 Å². The lowest BCUT2D eigenvalue weighted by Crippen LogP contribution is -2.57. The second-order valence-corrected chi connectivity index (χ2v) is 14.5. The van der Waals surface area contributed by atoms with E-state index in [2.05, 4.69) is 72.3 Å². The van der Waals surface area contributed by atoms with Crippen LogP contribution in [0, 0.1) is 6.92 Å². The third-order valence-corrected chi connectivity index (χ3v) is 10.8. The van der Waals surface area contributed by atoms with E-state index in [4.69, 9.17) is 18.9 Å². The predicted molar refractivity (Wildman–Crippen MR) is 184 cm³/mol. The average Bonchev–Trinajstić information content (AvgIpc) is 3.49. The highest BCUT2D eigenvalue weighted by molar-refractivity contribution is 7.99. The van der Waals surface area contributed by atoms with Crippen LogP contribution in [0.5, 0.6) is 0 Å². The maximum absolute atomic E-state index is 12.2. The highest BCUT2D eigenvalue weighted by Crippen LogP contribution is 2.42. The van der Waals surface area contributed by atoms with Gasteiger partial charge in [0.15, 0.2) is 6.10 Å². The van der Waals surface area contributed by atoms with Gasteiger partial charge in [0.2, 0.25) is 12.4 Å². The van der Waals surface area contributed by atoms with Gasteiger partial charge < -0.3 is 23.8 Å². The summed E-state index contributed by atoms with van der Waals surface area (Å²) in [4.78, 5) is 43.6. The molecule has 9 nitrogen and oxygen atoms in total. The highest BCUT2D eigenvalue weighted by atomic mass is 32.2. The van der Waals surface area contributed by atoms with Gasteiger partial charge in [-0.15, -0.1) is 11.3 Å². The molecule has 11 heteroatoms. The lowest BCUT2D eigenvalue weighted by atomic mass is 9.92. The number of carbonyl (C=O) groups is 3. The van der Waals surface area contributed by atoms with Crippen LogP contribution < -0.4 is 0 Å². The molecular weight excluding hydrogens is 637 g/mol. The maximum atomic E-state index is 12.2. The number of thiophene rings is 1. The summed E-state index contributed by atoms with van der Waals surface area (Å²) < 4.78 is 23.0. The minimum Gasteiger partial charge on any atom is -0.457 e. The van der Waals surface area contributed by atoms with E-state index in [1.54, 1.807) is 11.3 Å². The van der Waals surface area contributed by atoms with E-state index in [0.717, 1.165) is 55.8 Å². The van der Waals surface area contributed by atoms with E-state index < -0.39 is 47.8 Å². The van der Waals surface area contributed by atoms with Crippen molar-refractivity contribution in [3.05, 3.63) is 81.7 Å².